The van der Waals surface area contributed by atoms with Gasteiger partial charge in [-0.05, 0) is 42.3 Å². The highest BCUT2D eigenvalue weighted by Crippen LogP contribution is 2.32. The molecule has 0 aliphatic heterocycles. The molecule has 0 aliphatic rings. The van der Waals surface area contributed by atoms with Gasteiger partial charge >= 0.3 is 5.97 Å². The molecule has 0 unspecified atom stereocenters. The number of allylic oxidation sites excluding steroid dienone is 1. The molecule has 0 bridgehead atoms. The lowest BCUT2D eigenvalue weighted by Crippen LogP contribution is -1.94. The maximum absolute atomic E-state index is 11.2. The second kappa shape index (κ2) is 6.04. The molecule has 0 amide bonds. The molecule has 2 rings (SSSR count). The van der Waals surface area contributed by atoms with Crippen LogP contribution < -0.4 is 0 Å². The van der Waals surface area contributed by atoms with Crippen molar-refractivity contribution >= 4 is 34.5 Å². The lowest BCUT2D eigenvalue weighted by Gasteiger charge is -1.98. The fourth-order valence-corrected chi connectivity index (χ4v) is 2.82. The Morgan fingerprint density at radius 2 is 2.11 bits per heavy atom. The van der Waals surface area contributed by atoms with E-state index in [9.17, 15) is 4.79 Å². The van der Waals surface area contributed by atoms with E-state index < -0.39 is 0 Å². The smallest absolute Gasteiger partial charge is 0.330 e. The van der Waals surface area contributed by atoms with Crippen molar-refractivity contribution in [1.82, 2.24) is 0 Å². The van der Waals surface area contributed by atoms with E-state index in [1.54, 1.807) is 11.3 Å². The van der Waals surface area contributed by atoms with E-state index in [4.69, 9.17) is 11.6 Å². The first-order chi connectivity index (χ1) is 9.10. The molecule has 19 heavy (non-hydrogen) atoms. The average molecular weight is 293 g/mol. The van der Waals surface area contributed by atoms with Gasteiger partial charge in [-0.15, -0.1) is 11.3 Å². The summed E-state index contributed by atoms with van der Waals surface area (Å²) in [6, 6.07) is 11.7. The largest absolute Gasteiger partial charge is 0.466 e. The van der Waals surface area contributed by atoms with Crippen LogP contribution in [0.1, 0.15) is 11.8 Å². The molecule has 1 heterocycles. The van der Waals surface area contributed by atoms with Crippen molar-refractivity contribution in [2.45, 2.75) is 6.92 Å². The summed E-state index contributed by atoms with van der Waals surface area (Å²) in [7, 11) is 1.37. The first kappa shape index (κ1) is 13.8. The fraction of sp³-hybridized carbons (Fsp3) is 0.133. The van der Waals surface area contributed by atoms with Crippen LogP contribution >= 0.6 is 22.9 Å². The molecule has 0 saturated heterocycles. The van der Waals surface area contributed by atoms with E-state index in [0.717, 1.165) is 20.9 Å². The minimum Gasteiger partial charge on any atom is -0.466 e. The van der Waals surface area contributed by atoms with Crippen molar-refractivity contribution in [2.75, 3.05) is 7.11 Å². The first-order valence-corrected chi connectivity index (χ1v) is 6.92. The predicted molar refractivity (Wildman–Crippen MR) is 80.4 cm³/mol. The van der Waals surface area contributed by atoms with E-state index in [0.29, 0.717) is 5.02 Å². The summed E-state index contributed by atoms with van der Waals surface area (Å²) in [5.41, 5.74) is 1.97. The molecular weight excluding hydrogens is 280 g/mol. The number of carbonyl (C=O) groups excluding carboxylic acids is 1. The minimum atomic E-state index is -0.338. The number of ether oxygens (including phenoxy) is 1. The van der Waals surface area contributed by atoms with Gasteiger partial charge in [0, 0.05) is 20.9 Å². The summed E-state index contributed by atoms with van der Waals surface area (Å²) in [4.78, 5) is 13.4. The average Bonchev–Trinajstić information content (AvgIpc) is 2.88. The zero-order valence-corrected chi connectivity index (χ0v) is 12.2. The summed E-state index contributed by atoms with van der Waals surface area (Å²) in [5, 5.41) is 0.717. The van der Waals surface area contributed by atoms with Crippen molar-refractivity contribution in [3.05, 3.63) is 52.4 Å². The number of hydrogen-bond donors (Lipinski definition) is 0. The molecule has 0 saturated carbocycles. The topological polar surface area (TPSA) is 26.3 Å². The van der Waals surface area contributed by atoms with Gasteiger partial charge in [-0.1, -0.05) is 23.7 Å². The molecule has 2 nitrogen and oxygen atoms in total. The molecule has 4 heteroatoms. The highest BCUT2D eigenvalue weighted by molar-refractivity contribution is 7.16. The Hall–Kier alpha value is -1.58. The number of hydrogen-bond acceptors (Lipinski definition) is 3. The minimum absolute atomic E-state index is 0.338. The summed E-state index contributed by atoms with van der Waals surface area (Å²) in [6.45, 7) is 1.89. The third-order valence-corrected chi connectivity index (χ3v) is 4.14. The van der Waals surface area contributed by atoms with E-state index >= 15 is 0 Å². The summed E-state index contributed by atoms with van der Waals surface area (Å²) in [5.74, 6) is -0.338. The van der Waals surface area contributed by atoms with Crippen LogP contribution in [0.4, 0.5) is 0 Å². The number of thiophene rings is 1. The quantitative estimate of drug-likeness (QED) is 0.608. The van der Waals surface area contributed by atoms with Crippen LogP contribution in [0, 0.1) is 0 Å². The van der Waals surface area contributed by atoms with Crippen molar-refractivity contribution < 1.29 is 9.53 Å². The number of carbonyl (C=O) groups is 1. The van der Waals surface area contributed by atoms with Gasteiger partial charge in [-0.3, -0.25) is 0 Å². The lowest BCUT2D eigenvalue weighted by molar-refractivity contribution is -0.134. The van der Waals surface area contributed by atoms with Crippen molar-refractivity contribution in [1.29, 1.82) is 0 Å². The maximum Gasteiger partial charge on any atom is 0.330 e. The SMILES string of the molecule is COC(=O)/C=C(\C)c1ccc(-c2cccc(Cl)c2)s1. The summed E-state index contributed by atoms with van der Waals surface area (Å²) < 4.78 is 4.62. The van der Waals surface area contributed by atoms with Crippen LogP contribution in [0.5, 0.6) is 0 Å². The van der Waals surface area contributed by atoms with E-state index in [2.05, 4.69) is 4.74 Å². The number of halogens is 1. The Morgan fingerprint density at radius 1 is 1.32 bits per heavy atom. The van der Waals surface area contributed by atoms with Crippen LogP contribution in [0.3, 0.4) is 0 Å². The van der Waals surface area contributed by atoms with Gasteiger partial charge in [0.15, 0.2) is 0 Å². The van der Waals surface area contributed by atoms with Gasteiger partial charge in [0.05, 0.1) is 7.11 Å². The van der Waals surface area contributed by atoms with Crippen LogP contribution in [-0.2, 0) is 9.53 Å². The van der Waals surface area contributed by atoms with Crippen LogP contribution in [0.25, 0.3) is 16.0 Å². The Balaban J connectivity index is 2.29. The molecule has 98 valence electrons. The third kappa shape index (κ3) is 3.46. The Labute approximate surface area is 121 Å². The molecule has 1 aromatic carbocycles. The van der Waals surface area contributed by atoms with Crippen LogP contribution in [-0.4, -0.2) is 13.1 Å². The van der Waals surface area contributed by atoms with Gasteiger partial charge < -0.3 is 4.74 Å². The van der Waals surface area contributed by atoms with Gasteiger partial charge in [0.1, 0.15) is 0 Å². The normalized spacial score (nSPS) is 11.4. The van der Waals surface area contributed by atoms with E-state index in [-0.39, 0.29) is 5.97 Å². The number of rotatable bonds is 3. The Bertz CT molecular complexity index is 629. The second-order valence-electron chi connectivity index (χ2n) is 4.02. The van der Waals surface area contributed by atoms with Gasteiger partial charge in [-0.2, -0.15) is 0 Å². The summed E-state index contributed by atoms with van der Waals surface area (Å²) >= 11 is 7.60. The lowest BCUT2D eigenvalue weighted by atomic mass is 10.2. The van der Waals surface area contributed by atoms with Gasteiger partial charge in [-0.25, -0.2) is 4.79 Å². The first-order valence-electron chi connectivity index (χ1n) is 5.72. The Kier molecular flexibility index (Phi) is 4.40. The number of methoxy groups -OCH3 is 1. The molecular formula is C15H13ClO2S. The maximum atomic E-state index is 11.2. The molecule has 0 spiro atoms. The molecule has 0 fully saturated rings. The second-order valence-corrected chi connectivity index (χ2v) is 5.54. The monoisotopic (exact) mass is 292 g/mol. The van der Waals surface area contributed by atoms with Gasteiger partial charge in [0.25, 0.3) is 0 Å². The highest BCUT2D eigenvalue weighted by atomic mass is 35.5. The molecule has 1 aromatic heterocycles. The highest BCUT2D eigenvalue weighted by Gasteiger charge is 2.06. The standard InChI is InChI=1S/C15H13ClO2S/c1-10(8-15(17)18-2)13-6-7-14(19-13)11-4-3-5-12(16)9-11/h3-9H,1-2H3/b10-8+. The molecule has 0 N–H and O–H groups in total. The van der Waals surface area contributed by atoms with Crippen LogP contribution in [0.2, 0.25) is 5.02 Å². The van der Waals surface area contributed by atoms with E-state index in [1.165, 1.54) is 13.2 Å². The van der Waals surface area contributed by atoms with Crippen LogP contribution in [0.15, 0.2) is 42.5 Å². The van der Waals surface area contributed by atoms with Crippen molar-refractivity contribution in [3.8, 4) is 10.4 Å². The number of benzene rings is 1. The molecule has 0 atom stereocenters. The Morgan fingerprint density at radius 3 is 2.79 bits per heavy atom. The molecule has 2 aromatic rings. The fourth-order valence-electron chi connectivity index (χ4n) is 1.65. The third-order valence-electron chi connectivity index (χ3n) is 2.64. The predicted octanol–water partition coefficient (Wildman–Crippen LogP) is 4.64. The summed E-state index contributed by atoms with van der Waals surface area (Å²) in [6.07, 6.45) is 1.49. The zero-order chi connectivity index (χ0) is 13.8. The number of esters is 1. The van der Waals surface area contributed by atoms with Crippen molar-refractivity contribution in [3.63, 3.8) is 0 Å². The molecule has 0 radical (unpaired) electrons. The molecule has 0 aliphatic carbocycles. The zero-order valence-electron chi connectivity index (χ0n) is 10.6. The van der Waals surface area contributed by atoms with Crippen molar-refractivity contribution in [2.24, 2.45) is 0 Å². The van der Waals surface area contributed by atoms with E-state index in [1.807, 2.05) is 43.3 Å². The van der Waals surface area contributed by atoms with Gasteiger partial charge in [0.2, 0.25) is 0 Å².